The Morgan fingerprint density at radius 3 is 1.16 bits per heavy atom. The molecule has 0 radical (unpaired) electrons. The first-order valence-corrected chi connectivity index (χ1v) is 27.8. The average Bonchev–Trinajstić information content (AvgIpc) is 3.43. The minimum Gasteiger partial charge on any atom is -0.459 e. The quantitative estimate of drug-likeness (QED) is 0.0569. The van der Waals surface area contributed by atoms with Crippen molar-refractivity contribution in [1.29, 1.82) is 0 Å². The van der Waals surface area contributed by atoms with Gasteiger partial charge in [-0.15, -0.1) is 34.0 Å². The second-order valence-electron chi connectivity index (χ2n) is 19.2. The lowest BCUT2D eigenvalue weighted by molar-refractivity contribution is -0.166. The second-order valence-corrected chi connectivity index (χ2v) is 22.3. The molecule has 3 heterocycles. The third-order valence-corrected chi connectivity index (χ3v) is 18.2. The van der Waals surface area contributed by atoms with Gasteiger partial charge in [0.05, 0.1) is 24.9 Å². The highest BCUT2D eigenvalue weighted by Gasteiger charge is 2.64. The van der Waals surface area contributed by atoms with Gasteiger partial charge in [-0.05, 0) is 34.4 Å². The van der Waals surface area contributed by atoms with Gasteiger partial charge in [-0.1, -0.05) is 170 Å². The van der Waals surface area contributed by atoms with Gasteiger partial charge in [-0.2, -0.15) is 0 Å². The molecule has 0 spiro atoms. The first-order chi connectivity index (χ1) is 39.5. The highest BCUT2D eigenvalue weighted by molar-refractivity contribution is 7.33. The van der Waals surface area contributed by atoms with Crippen molar-refractivity contribution in [3.05, 3.63) is 277 Å². The van der Waals surface area contributed by atoms with Crippen LogP contribution < -0.4 is 32.4 Å². The van der Waals surface area contributed by atoms with Crippen LogP contribution >= 0.6 is 34.0 Å². The number of hydrogen-bond acceptors (Lipinski definition) is 17. The zero-order valence-corrected chi connectivity index (χ0v) is 44.6. The Bertz CT molecular complexity index is 4560. The summed E-state index contributed by atoms with van der Waals surface area (Å²) >= 11 is 3.09. The van der Waals surface area contributed by atoms with Gasteiger partial charge in [-0.3, -0.25) is 38.4 Å². The molecule has 0 bridgehead atoms. The molecule has 17 heteroatoms. The molecule has 0 atom stereocenters. The third-order valence-electron chi connectivity index (χ3n) is 14.5. The molecule has 0 unspecified atom stereocenters. The molecule has 2 aliphatic carbocycles. The molecule has 11 aromatic rings. The SMILES string of the molecule is O=C(OCc1ccccc1)C1(C(=O)OCc2ccccc2)C(N=c2c(=O)c3ccccc3c2=O)=Cc2sc3c4c(sc3c21)-c1sc(N=c2c(=O)c3ccccc3c2=O)cc1C4(C(=O)OCc1ccccc1)C(=O)OCc1ccccc1. The Hall–Kier alpha value is -9.68. The van der Waals surface area contributed by atoms with Crippen LogP contribution in [0.1, 0.15) is 43.8 Å². The predicted molar refractivity (Wildman–Crippen MR) is 307 cm³/mol. The van der Waals surface area contributed by atoms with Gasteiger partial charge in [0, 0.05) is 43.1 Å². The summed E-state index contributed by atoms with van der Waals surface area (Å²) in [6.45, 7) is -1.20. The van der Waals surface area contributed by atoms with Crippen LogP contribution in [0.25, 0.3) is 46.8 Å². The number of hydrogen-bond donors (Lipinski definition) is 0. The zero-order chi connectivity index (χ0) is 55.6. The molecule has 0 N–H and O–H groups in total. The second kappa shape index (κ2) is 20.2. The summed E-state index contributed by atoms with van der Waals surface area (Å²) in [6, 6.07) is 49.3. The van der Waals surface area contributed by atoms with Gasteiger partial charge in [0.15, 0.2) is 10.7 Å². The van der Waals surface area contributed by atoms with E-state index in [0.717, 1.165) is 34.0 Å². The lowest BCUT2D eigenvalue weighted by Crippen LogP contribution is -2.47. The zero-order valence-electron chi connectivity index (χ0n) is 42.2. The Morgan fingerprint density at radius 2 is 0.753 bits per heavy atom. The molecule has 8 aromatic carbocycles. The maximum Gasteiger partial charge on any atom is 0.334 e. The number of esters is 4. The van der Waals surface area contributed by atoms with Crippen LogP contribution in [0.2, 0.25) is 0 Å². The van der Waals surface area contributed by atoms with Crippen LogP contribution in [-0.4, -0.2) is 23.9 Å². The summed E-state index contributed by atoms with van der Waals surface area (Å²) in [4.78, 5) is 129. The van der Waals surface area contributed by atoms with Crippen LogP contribution in [0.4, 0.5) is 5.00 Å². The number of benzene rings is 6. The fourth-order valence-electron chi connectivity index (χ4n) is 10.6. The highest BCUT2D eigenvalue weighted by atomic mass is 32.1. The van der Waals surface area contributed by atoms with E-state index in [9.17, 15) is 19.2 Å². The van der Waals surface area contributed by atoms with Crippen molar-refractivity contribution in [3.8, 4) is 9.75 Å². The maximum atomic E-state index is 15.7. The first kappa shape index (κ1) is 50.8. The van der Waals surface area contributed by atoms with E-state index in [1.165, 1.54) is 36.4 Å². The number of rotatable bonds is 14. The molecule has 81 heavy (non-hydrogen) atoms. The number of carbonyl (C=O) groups is 4. The number of carbonyl (C=O) groups excluding carboxylic acids is 4. The summed E-state index contributed by atoms with van der Waals surface area (Å²) in [5.41, 5.74) is -5.50. The predicted octanol–water partition coefficient (Wildman–Crippen LogP) is 9.19. The maximum absolute atomic E-state index is 15.7. The molecule has 0 saturated carbocycles. The van der Waals surface area contributed by atoms with Crippen molar-refractivity contribution in [3.63, 3.8) is 0 Å². The minimum absolute atomic E-state index is 0.00970. The van der Waals surface area contributed by atoms with Gasteiger partial charge in [0.2, 0.25) is 32.5 Å². The molecule has 394 valence electrons. The first-order valence-electron chi connectivity index (χ1n) is 25.3. The van der Waals surface area contributed by atoms with Crippen LogP contribution in [-0.2, 0) is 75.4 Å². The Morgan fingerprint density at radius 1 is 0.395 bits per heavy atom. The summed E-state index contributed by atoms with van der Waals surface area (Å²) in [7, 11) is 0. The van der Waals surface area contributed by atoms with Crippen molar-refractivity contribution in [2.75, 3.05) is 0 Å². The lowest BCUT2D eigenvalue weighted by atomic mass is 9.78. The molecule has 0 saturated heterocycles. The smallest absolute Gasteiger partial charge is 0.334 e. The van der Waals surface area contributed by atoms with Crippen molar-refractivity contribution in [1.82, 2.24) is 0 Å². The van der Waals surface area contributed by atoms with E-state index in [1.807, 2.05) is 0 Å². The van der Waals surface area contributed by atoms with E-state index in [-0.39, 0.29) is 95.0 Å². The Kier molecular flexibility index (Phi) is 12.7. The molecule has 14 nitrogen and oxygen atoms in total. The number of nitrogens with zero attached hydrogens (tertiary/aromatic N) is 2. The molecule has 0 fully saturated rings. The molecule has 13 rings (SSSR count). The standard InChI is InChI=1S/C64H38N2O12S3/c67-51-39-25-13-14-26-40(39)52(68)49(51)65-45-30-44-47(64(45,61(73)77-33-37-21-9-3-10-22-37)62(74)78-34-38-23-11-4-12-24-38)56-58(79-44)48-57(81-56)55-43(29-46(80-55)66-50-53(69)41-27-15-16-28-42(41)54(50)70)63(48,59(71)75-31-35-17-5-1-6-18-35)60(72)76-32-36-19-7-2-8-20-36/h1-30H,31-34H2. The number of ether oxygens (including phenoxy) is 4. The van der Waals surface area contributed by atoms with E-state index in [1.54, 1.807) is 146 Å². The average molecular weight is 1120 g/mol. The molecular weight excluding hydrogens is 1080 g/mol. The highest BCUT2D eigenvalue weighted by Crippen LogP contribution is 2.64. The molecule has 2 aliphatic rings. The van der Waals surface area contributed by atoms with E-state index in [4.69, 9.17) is 23.9 Å². The fourth-order valence-corrected chi connectivity index (χ4v) is 14.9. The van der Waals surface area contributed by atoms with Gasteiger partial charge in [0.1, 0.15) is 31.4 Å². The van der Waals surface area contributed by atoms with Crippen LogP contribution in [0.3, 0.4) is 0 Å². The van der Waals surface area contributed by atoms with Gasteiger partial charge in [0.25, 0.3) is 0 Å². The third kappa shape index (κ3) is 8.18. The Balaban J connectivity index is 1.08. The van der Waals surface area contributed by atoms with E-state index in [2.05, 4.69) is 4.99 Å². The van der Waals surface area contributed by atoms with Gasteiger partial charge in [-0.25, -0.2) is 9.98 Å². The Labute approximate surface area is 469 Å². The van der Waals surface area contributed by atoms with Crippen molar-refractivity contribution < 1.29 is 38.1 Å². The van der Waals surface area contributed by atoms with Crippen LogP contribution in [0.5, 0.6) is 0 Å². The summed E-state index contributed by atoms with van der Waals surface area (Å²) in [5.74, 6) is -4.38. The molecule has 0 aliphatic heterocycles. The number of fused-ring (bicyclic) bond motifs is 9. The van der Waals surface area contributed by atoms with E-state index < -0.39 is 61.8 Å². The summed E-state index contributed by atoms with van der Waals surface area (Å²) in [6.07, 6.45) is 1.43. The summed E-state index contributed by atoms with van der Waals surface area (Å²) < 4.78 is 25.2. The monoisotopic (exact) mass is 1120 g/mol. The van der Waals surface area contributed by atoms with Gasteiger partial charge >= 0.3 is 23.9 Å². The van der Waals surface area contributed by atoms with E-state index in [0.29, 0.717) is 32.0 Å². The molecule has 0 amide bonds. The lowest BCUT2D eigenvalue weighted by Gasteiger charge is -2.27. The summed E-state index contributed by atoms with van der Waals surface area (Å²) in [5, 5.41) is -0.259. The fraction of sp³-hybridized carbons (Fsp3) is 0.0938. The van der Waals surface area contributed by atoms with Gasteiger partial charge < -0.3 is 18.9 Å². The minimum atomic E-state index is -2.66. The van der Waals surface area contributed by atoms with Crippen LogP contribution in [0.15, 0.2) is 211 Å². The van der Waals surface area contributed by atoms with Crippen molar-refractivity contribution in [2.45, 2.75) is 37.3 Å². The normalized spacial score (nSPS) is 13.6. The molecular formula is C64H38N2O12S3. The van der Waals surface area contributed by atoms with Crippen molar-refractivity contribution in [2.24, 2.45) is 9.98 Å². The van der Waals surface area contributed by atoms with E-state index >= 15 is 19.2 Å². The number of thiophene rings is 3. The van der Waals surface area contributed by atoms with Crippen molar-refractivity contribution >= 4 is 99.9 Å². The topological polar surface area (TPSA) is 198 Å². The molecule has 3 aromatic heterocycles. The largest absolute Gasteiger partial charge is 0.459 e. The van der Waals surface area contributed by atoms with Crippen LogP contribution in [0, 0.1) is 0 Å².